The van der Waals surface area contributed by atoms with Crippen LogP contribution in [0.3, 0.4) is 0 Å². The van der Waals surface area contributed by atoms with Crippen LogP contribution in [0.2, 0.25) is 0 Å². The quantitative estimate of drug-likeness (QED) is 0.523. The first-order valence-electron chi connectivity index (χ1n) is 9.42. The minimum absolute atomic E-state index is 0.315. The van der Waals surface area contributed by atoms with Crippen LogP contribution < -0.4 is 14.2 Å². The Morgan fingerprint density at radius 2 is 1.50 bits per heavy atom. The summed E-state index contributed by atoms with van der Waals surface area (Å²) in [6.07, 6.45) is -0.588. The van der Waals surface area contributed by atoms with Crippen molar-refractivity contribution in [2.75, 3.05) is 21.3 Å². The summed E-state index contributed by atoms with van der Waals surface area (Å²) in [4.78, 5) is 4.54. The van der Waals surface area contributed by atoms with E-state index in [2.05, 4.69) is 9.55 Å². The van der Waals surface area contributed by atoms with Gasteiger partial charge in [0.05, 0.1) is 44.6 Å². The molecular weight excluding hydrogens is 397 g/mol. The van der Waals surface area contributed by atoms with Crippen LogP contribution in [0.15, 0.2) is 42.7 Å². The van der Waals surface area contributed by atoms with Crippen LogP contribution in [-0.4, -0.2) is 30.9 Å². The topological polar surface area (TPSA) is 45.5 Å². The van der Waals surface area contributed by atoms with E-state index in [-0.39, 0.29) is 0 Å². The maximum atomic E-state index is 13.0. The summed E-state index contributed by atoms with van der Waals surface area (Å²) in [5, 5.41) is 0. The monoisotopic (exact) mass is 418 g/mol. The van der Waals surface area contributed by atoms with E-state index in [1.165, 1.54) is 33.5 Å². The van der Waals surface area contributed by atoms with Gasteiger partial charge < -0.3 is 18.8 Å². The lowest BCUT2D eigenvalue weighted by Gasteiger charge is -2.16. The molecule has 30 heavy (non-hydrogen) atoms. The molecule has 0 unspecified atom stereocenters. The van der Waals surface area contributed by atoms with Crippen molar-refractivity contribution in [1.29, 1.82) is 0 Å². The third-order valence-corrected chi connectivity index (χ3v) is 5.16. The highest BCUT2D eigenvalue weighted by molar-refractivity contribution is 5.81. The maximum absolute atomic E-state index is 13.0. The van der Waals surface area contributed by atoms with E-state index in [1.807, 2.05) is 12.1 Å². The van der Waals surface area contributed by atoms with Gasteiger partial charge in [-0.25, -0.2) is 4.98 Å². The third-order valence-electron chi connectivity index (χ3n) is 5.16. The summed E-state index contributed by atoms with van der Waals surface area (Å²) < 4.78 is 57.3. The number of aromatic nitrogens is 2. The maximum Gasteiger partial charge on any atom is 0.416 e. The van der Waals surface area contributed by atoms with Crippen molar-refractivity contribution in [2.45, 2.75) is 25.1 Å². The molecule has 0 atom stereocenters. The van der Waals surface area contributed by atoms with E-state index >= 15 is 0 Å². The first-order valence-corrected chi connectivity index (χ1v) is 9.42. The summed E-state index contributed by atoms with van der Waals surface area (Å²) >= 11 is 0. The molecule has 0 N–H and O–H groups in total. The average molecular weight is 418 g/mol. The Labute approximate surface area is 172 Å². The molecule has 1 aliphatic carbocycles. The molecule has 8 heteroatoms. The molecule has 1 aliphatic rings. The van der Waals surface area contributed by atoms with Gasteiger partial charge in [-0.1, -0.05) is 12.1 Å². The van der Waals surface area contributed by atoms with Crippen LogP contribution in [0.5, 0.6) is 17.2 Å². The van der Waals surface area contributed by atoms with Crippen LogP contribution >= 0.6 is 0 Å². The number of rotatable bonds is 6. The molecular formula is C22H21F3N2O3. The molecule has 0 saturated heterocycles. The molecule has 158 valence electrons. The summed E-state index contributed by atoms with van der Waals surface area (Å²) in [6.45, 7) is 0. The Bertz CT molecular complexity index is 1030. The van der Waals surface area contributed by atoms with Crippen molar-refractivity contribution in [2.24, 2.45) is 0 Å². The smallest absolute Gasteiger partial charge is 0.416 e. The van der Waals surface area contributed by atoms with E-state index in [4.69, 9.17) is 14.2 Å². The molecule has 3 aromatic rings. The SMILES string of the molecule is COc1cc(-c2c(-c3ccc(C(F)(F)F)cc3)ncn2C2CC2)cc(OC)c1OC. The highest BCUT2D eigenvalue weighted by Crippen LogP contribution is 2.46. The fourth-order valence-electron chi connectivity index (χ4n) is 3.52. The van der Waals surface area contributed by atoms with Gasteiger partial charge in [-0.05, 0) is 37.1 Å². The zero-order valence-corrected chi connectivity index (χ0v) is 16.8. The van der Waals surface area contributed by atoms with Crippen LogP contribution in [0.1, 0.15) is 24.4 Å². The number of hydrogen-bond donors (Lipinski definition) is 0. The molecule has 1 heterocycles. The Balaban J connectivity index is 1.87. The second kappa shape index (κ2) is 7.59. The van der Waals surface area contributed by atoms with Crippen molar-refractivity contribution >= 4 is 0 Å². The summed E-state index contributed by atoms with van der Waals surface area (Å²) in [5.41, 5.74) is 2.10. The zero-order valence-electron chi connectivity index (χ0n) is 16.8. The number of imidazole rings is 1. The van der Waals surface area contributed by atoms with Crippen molar-refractivity contribution in [3.63, 3.8) is 0 Å². The molecule has 1 fully saturated rings. The minimum atomic E-state index is -4.38. The van der Waals surface area contributed by atoms with Gasteiger partial charge in [-0.15, -0.1) is 0 Å². The molecule has 2 aromatic carbocycles. The molecule has 4 rings (SSSR count). The fraction of sp³-hybridized carbons (Fsp3) is 0.318. The number of nitrogens with zero attached hydrogens (tertiary/aromatic N) is 2. The van der Waals surface area contributed by atoms with Gasteiger partial charge in [-0.2, -0.15) is 13.2 Å². The van der Waals surface area contributed by atoms with Crippen molar-refractivity contribution < 1.29 is 27.4 Å². The summed E-state index contributed by atoms with van der Waals surface area (Å²) in [5.74, 6) is 1.46. The van der Waals surface area contributed by atoms with E-state index in [0.717, 1.165) is 36.2 Å². The molecule has 0 radical (unpaired) electrons. The Hall–Kier alpha value is -3.16. The number of hydrogen-bond acceptors (Lipinski definition) is 4. The average Bonchev–Trinajstić information content (AvgIpc) is 3.50. The molecule has 0 aliphatic heterocycles. The van der Waals surface area contributed by atoms with Gasteiger partial charge in [-0.3, -0.25) is 0 Å². The zero-order chi connectivity index (χ0) is 21.5. The second-order valence-electron chi connectivity index (χ2n) is 7.07. The molecule has 1 saturated carbocycles. The summed E-state index contributed by atoms with van der Waals surface area (Å²) in [6, 6.07) is 9.01. The molecule has 0 bridgehead atoms. The van der Waals surface area contributed by atoms with Gasteiger partial charge in [0.15, 0.2) is 11.5 Å². The van der Waals surface area contributed by atoms with E-state index in [0.29, 0.717) is 34.5 Å². The highest BCUT2D eigenvalue weighted by Gasteiger charge is 2.31. The standard InChI is InChI=1S/C22H21F3N2O3/c1-28-17-10-14(11-18(29-2)21(17)30-3)20-19(26-12-27(20)16-8-9-16)13-4-6-15(7-5-13)22(23,24)25/h4-7,10-12,16H,8-9H2,1-3H3. The summed E-state index contributed by atoms with van der Waals surface area (Å²) in [7, 11) is 4.61. The molecule has 0 spiro atoms. The molecule has 0 amide bonds. The third kappa shape index (κ3) is 3.58. The predicted molar refractivity (Wildman–Crippen MR) is 106 cm³/mol. The second-order valence-corrected chi connectivity index (χ2v) is 7.07. The number of ether oxygens (including phenoxy) is 3. The van der Waals surface area contributed by atoms with E-state index in [9.17, 15) is 13.2 Å². The number of methoxy groups -OCH3 is 3. The Morgan fingerprint density at radius 1 is 0.900 bits per heavy atom. The lowest BCUT2D eigenvalue weighted by molar-refractivity contribution is -0.137. The van der Waals surface area contributed by atoms with Gasteiger partial charge in [0, 0.05) is 17.2 Å². The molecule has 1 aromatic heterocycles. The Morgan fingerprint density at radius 3 is 1.97 bits per heavy atom. The van der Waals surface area contributed by atoms with Gasteiger partial charge in [0.25, 0.3) is 0 Å². The first-order chi connectivity index (χ1) is 14.4. The van der Waals surface area contributed by atoms with Gasteiger partial charge in [0.2, 0.25) is 5.75 Å². The van der Waals surface area contributed by atoms with Gasteiger partial charge in [0.1, 0.15) is 0 Å². The van der Waals surface area contributed by atoms with E-state index < -0.39 is 11.7 Å². The Kier molecular flexibility index (Phi) is 5.09. The first kappa shape index (κ1) is 20.1. The normalized spacial score (nSPS) is 13.9. The van der Waals surface area contributed by atoms with Crippen LogP contribution in [0.4, 0.5) is 13.2 Å². The number of alkyl halides is 3. The number of benzene rings is 2. The van der Waals surface area contributed by atoms with Crippen LogP contribution in [-0.2, 0) is 6.18 Å². The van der Waals surface area contributed by atoms with Crippen molar-refractivity contribution in [3.8, 4) is 39.8 Å². The fourth-order valence-corrected chi connectivity index (χ4v) is 3.52. The van der Waals surface area contributed by atoms with E-state index in [1.54, 1.807) is 6.33 Å². The minimum Gasteiger partial charge on any atom is -0.493 e. The lowest BCUT2D eigenvalue weighted by Crippen LogP contribution is -2.04. The highest BCUT2D eigenvalue weighted by atomic mass is 19.4. The van der Waals surface area contributed by atoms with Gasteiger partial charge >= 0.3 is 6.18 Å². The largest absolute Gasteiger partial charge is 0.493 e. The number of halogens is 3. The van der Waals surface area contributed by atoms with Crippen LogP contribution in [0, 0.1) is 0 Å². The lowest BCUT2D eigenvalue weighted by atomic mass is 10.0. The molecule has 5 nitrogen and oxygen atoms in total. The van der Waals surface area contributed by atoms with Crippen LogP contribution in [0.25, 0.3) is 22.5 Å². The van der Waals surface area contributed by atoms with Crippen molar-refractivity contribution in [3.05, 3.63) is 48.3 Å². The van der Waals surface area contributed by atoms with Crippen molar-refractivity contribution in [1.82, 2.24) is 9.55 Å². The predicted octanol–water partition coefficient (Wildman–Crippen LogP) is 5.60.